The van der Waals surface area contributed by atoms with Crippen molar-refractivity contribution >= 4 is 23.2 Å². The monoisotopic (exact) mass is 316 g/mol. The van der Waals surface area contributed by atoms with Gasteiger partial charge in [-0.3, -0.25) is 14.6 Å². The summed E-state index contributed by atoms with van der Waals surface area (Å²) >= 11 is 1.69. The number of nitrogens with one attached hydrogen (secondary N) is 1. The lowest BCUT2D eigenvalue weighted by Crippen LogP contribution is -2.56. The molecule has 1 aliphatic heterocycles. The number of likely N-dealkylation sites (tertiary alicyclic amines) is 1. The fourth-order valence-electron chi connectivity index (χ4n) is 2.29. The summed E-state index contributed by atoms with van der Waals surface area (Å²) in [6, 6.07) is 4.06. The quantitative estimate of drug-likeness (QED) is 0.892. The topological polar surface area (TPSA) is 75.2 Å². The lowest BCUT2D eigenvalue weighted by atomic mass is 9.98. The molecule has 0 radical (unpaired) electrons. The highest BCUT2D eigenvalue weighted by Gasteiger charge is 2.36. The molecule has 1 saturated heterocycles. The van der Waals surface area contributed by atoms with Gasteiger partial charge in [-0.25, -0.2) is 4.98 Å². The molecule has 1 aliphatic rings. The molecule has 114 valence electrons. The van der Waals surface area contributed by atoms with E-state index in [0.29, 0.717) is 25.3 Å². The van der Waals surface area contributed by atoms with Gasteiger partial charge in [0.1, 0.15) is 5.69 Å². The van der Waals surface area contributed by atoms with E-state index in [4.69, 9.17) is 0 Å². The van der Waals surface area contributed by atoms with Crippen LogP contribution in [-0.2, 0) is 11.2 Å². The van der Waals surface area contributed by atoms with Gasteiger partial charge in [-0.15, -0.1) is 11.3 Å². The van der Waals surface area contributed by atoms with Crippen LogP contribution in [0.1, 0.15) is 15.4 Å². The van der Waals surface area contributed by atoms with Crippen LogP contribution >= 0.6 is 11.3 Å². The number of carbonyl (C=O) groups is 2. The molecule has 2 aromatic rings. The number of nitrogens with zero attached hydrogens (tertiary/aromatic N) is 3. The number of amides is 2. The molecule has 1 fully saturated rings. The Morgan fingerprint density at radius 2 is 2.23 bits per heavy atom. The number of hydrogen-bond acceptors (Lipinski definition) is 5. The van der Waals surface area contributed by atoms with Gasteiger partial charge in [-0.05, 0) is 17.9 Å². The lowest BCUT2D eigenvalue weighted by Gasteiger charge is -2.37. The smallest absolute Gasteiger partial charge is 0.274 e. The molecule has 2 aromatic heterocycles. The molecule has 0 atom stereocenters. The zero-order valence-electron chi connectivity index (χ0n) is 11.9. The Bertz CT molecular complexity index is 639. The Balaban J connectivity index is 1.41. The van der Waals surface area contributed by atoms with Crippen molar-refractivity contribution in [1.82, 2.24) is 20.2 Å². The first-order valence-electron chi connectivity index (χ1n) is 7.09. The second kappa shape index (κ2) is 6.65. The molecule has 0 aromatic carbocycles. The largest absolute Gasteiger partial charge is 0.355 e. The van der Waals surface area contributed by atoms with E-state index in [-0.39, 0.29) is 17.7 Å². The first-order valence-corrected chi connectivity index (χ1v) is 7.97. The molecule has 0 spiro atoms. The molecule has 0 aliphatic carbocycles. The van der Waals surface area contributed by atoms with Crippen molar-refractivity contribution in [1.29, 1.82) is 0 Å². The standard InChI is InChI=1S/C15H16N4O2S/c20-14(18-4-3-12-2-1-7-22-12)11-9-19(10-11)15(21)13-8-16-5-6-17-13/h1-2,5-8,11H,3-4,9-10H2,(H,18,20). The molecular weight excluding hydrogens is 300 g/mol. The van der Waals surface area contributed by atoms with Gasteiger partial charge in [-0.2, -0.15) is 0 Å². The van der Waals surface area contributed by atoms with Gasteiger partial charge in [0, 0.05) is 36.9 Å². The van der Waals surface area contributed by atoms with Gasteiger partial charge >= 0.3 is 0 Å². The van der Waals surface area contributed by atoms with Crippen LogP contribution in [0.5, 0.6) is 0 Å². The molecule has 3 heterocycles. The average molecular weight is 316 g/mol. The van der Waals surface area contributed by atoms with Crippen LogP contribution < -0.4 is 5.32 Å². The van der Waals surface area contributed by atoms with Crippen molar-refractivity contribution in [2.45, 2.75) is 6.42 Å². The van der Waals surface area contributed by atoms with Crippen molar-refractivity contribution in [2.75, 3.05) is 19.6 Å². The maximum atomic E-state index is 12.1. The first-order chi connectivity index (χ1) is 10.7. The van der Waals surface area contributed by atoms with Gasteiger partial charge in [-0.1, -0.05) is 6.07 Å². The van der Waals surface area contributed by atoms with E-state index < -0.39 is 0 Å². The summed E-state index contributed by atoms with van der Waals surface area (Å²) in [5.41, 5.74) is 0.319. The average Bonchev–Trinajstić information content (AvgIpc) is 3.00. The van der Waals surface area contributed by atoms with Gasteiger partial charge in [0.05, 0.1) is 12.1 Å². The van der Waals surface area contributed by atoms with Crippen molar-refractivity contribution in [3.05, 3.63) is 46.7 Å². The summed E-state index contributed by atoms with van der Waals surface area (Å²) in [4.78, 5) is 34.8. The molecular formula is C15H16N4O2S. The van der Waals surface area contributed by atoms with Crippen LogP contribution in [-0.4, -0.2) is 46.3 Å². The second-order valence-corrected chi connectivity index (χ2v) is 6.15. The summed E-state index contributed by atoms with van der Waals surface area (Å²) in [6.45, 7) is 1.52. The molecule has 3 rings (SSSR count). The molecule has 0 bridgehead atoms. The molecule has 22 heavy (non-hydrogen) atoms. The first kappa shape index (κ1) is 14.6. The second-order valence-electron chi connectivity index (χ2n) is 5.12. The van der Waals surface area contributed by atoms with E-state index in [9.17, 15) is 9.59 Å². The lowest BCUT2D eigenvalue weighted by molar-refractivity contribution is -0.128. The highest BCUT2D eigenvalue weighted by molar-refractivity contribution is 7.09. The minimum absolute atomic E-state index is 0.0137. The number of rotatable bonds is 5. The zero-order chi connectivity index (χ0) is 15.4. The van der Waals surface area contributed by atoms with Gasteiger partial charge in [0.2, 0.25) is 5.91 Å². The Labute approximate surface area is 132 Å². The number of aromatic nitrogens is 2. The maximum absolute atomic E-state index is 12.1. The van der Waals surface area contributed by atoms with Crippen molar-refractivity contribution in [3.63, 3.8) is 0 Å². The predicted octanol–water partition coefficient (Wildman–Crippen LogP) is 0.969. The van der Waals surface area contributed by atoms with E-state index in [1.165, 1.54) is 23.5 Å². The Morgan fingerprint density at radius 1 is 1.36 bits per heavy atom. The van der Waals surface area contributed by atoms with E-state index in [1.807, 2.05) is 11.4 Å². The fraction of sp³-hybridized carbons (Fsp3) is 0.333. The summed E-state index contributed by atoms with van der Waals surface area (Å²) in [5, 5.41) is 4.95. The molecule has 0 saturated carbocycles. The zero-order valence-corrected chi connectivity index (χ0v) is 12.8. The van der Waals surface area contributed by atoms with Crippen molar-refractivity contribution in [2.24, 2.45) is 5.92 Å². The number of thiophene rings is 1. The van der Waals surface area contributed by atoms with Crippen molar-refractivity contribution in [3.8, 4) is 0 Å². The maximum Gasteiger partial charge on any atom is 0.274 e. The van der Waals surface area contributed by atoms with Crippen LogP contribution in [0.3, 0.4) is 0 Å². The third kappa shape index (κ3) is 3.30. The Kier molecular flexibility index (Phi) is 4.43. The number of hydrogen-bond donors (Lipinski definition) is 1. The highest BCUT2D eigenvalue weighted by Crippen LogP contribution is 2.18. The van der Waals surface area contributed by atoms with Gasteiger partial charge < -0.3 is 10.2 Å². The summed E-state index contributed by atoms with van der Waals surface area (Å²) < 4.78 is 0. The molecule has 6 nitrogen and oxygen atoms in total. The van der Waals surface area contributed by atoms with Crippen LogP contribution in [0.15, 0.2) is 36.1 Å². The van der Waals surface area contributed by atoms with E-state index in [0.717, 1.165) is 6.42 Å². The summed E-state index contributed by atoms with van der Waals surface area (Å²) in [5.74, 6) is -0.278. The van der Waals surface area contributed by atoms with Crippen LogP contribution in [0.4, 0.5) is 0 Å². The van der Waals surface area contributed by atoms with Crippen LogP contribution in [0, 0.1) is 5.92 Å². The number of carbonyl (C=O) groups excluding carboxylic acids is 2. The van der Waals surface area contributed by atoms with E-state index >= 15 is 0 Å². The normalized spacial score (nSPS) is 14.5. The SMILES string of the molecule is O=C(NCCc1cccs1)C1CN(C(=O)c2cnccn2)C1. The summed E-state index contributed by atoms with van der Waals surface area (Å²) in [7, 11) is 0. The third-order valence-corrected chi connectivity index (χ3v) is 4.51. The van der Waals surface area contributed by atoms with E-state index in [2.05, 4.69) is 21.4 Å². The minimum atomic E-state index is -0.171. The van der Waals surface area contributed by atoms with E-state index in [1.54, 1.807) is 16.2 Å². The molecule has 1 N–H and O–H groups in total. The third-order valence-electron chi connectivity index (χ3n) is 3.57. The van der Waals surface area contributed by atoms with Crippen molar-refractivity contribution < 1.29 is 9.59 Å². The van der Waals surface area contributed by atoms with Gasteiger partial charge in [0.15, 0.2) is 0 Å². The predicted molar refractivity (Wildman–Crippen MR) is 82.5 cm³/mol. The molecule has 2 amide bonds. The fourth-order valence-corrected chi connectivity index (χ4v) is 3.00. The minimum Gasteiger partial charge on any atom is -0.355 e. The Morgan fingerprint density at radius 3 is 2.91 bits per heavy atom. The Hall–Kier alpha value is -2.28. The highest BCUT2D eigenvalue weighted by atomic mass is 32.1. The van der Waals surface area contributed by atoms with Crippen LogP contribution in [0.25, 0.3) is 0 Å². The summed E-state index contributed by atoms with van der Waals surface area (Å²) in [6.07, 6.45) is 5.30. The molecule has 7 heteroatoms. The van der Waals surface area contributed by atoms with Crippen LogP contribution in [0.2, 0.25) is 0 Å². The molecule has 0 unspecified atom stereocenters. The van der Waals surface area contributed by atoms with Gasteiger partial charge in [0.25, 0.3) is 5.91 Å².